The van der Waals surface area contributed by atoms with Crippen LogP contribution < -0.4 is 5.32 Å². The van der Waals surface area contributed by atoms with E-state index in [-0.39, 0.29) is 0 Å². The van der Waals surface area contributed by atoms with Gasteiger partial charge in [-0.15, -0.1) is 0 Å². The van der Waals surface area contributed by atoms with Crippen molar-refractivity contribution in [3.8, 4) is 0 Å². The van der Waals surface area contributed by atoms with Crippen molar-refractivity contribution in [2.75, 3.05) is 7.05 Å². The summed E-state index contributed by atoms with van der Waals surface area (Å²) in [5, 5.41) is 3.49. The lowest BCUT2D eigenvalue weighted by atomic mass is 9.91. The van der Waals surface area contributed by atoms with Crippen LogP contribution >= 0.6 is 0 Å². The number of aryl methyl sites for hydroxylation is 2. The van der Waals surface area contributed by atoms with E-state index >= 15 is 0 Å². The molecule has 1 N–H and O–H groups in total. The molecule has 18 heavy (non-hydrogen) atoms. The van der Waals surface area contributed by atoms with Gasteiger partial charge in [0, 0.05) is 6.04 Å². The predicted molar refractivity (Wildman–Crippen MR) is 81.2 cm³/mol. The van der Waals surface area contributed by atoms with Crippen LogP contribution in [0.15, 0.2) is 18.2 Å². The molecular weight excluding hydrogens is 218 g/mol. The third-order valence-electron chi connectivity index (χ3n) is 3.94. The Morgan fingerprint density at radius 3 is 2.00 bits per heavy atom. The average molecular weight is 247 g/mol. The Bertz CT molecular complexity index is 332. The third kappa shape index (κ3) is 4.81. The molecule has 0 aliphatic rings. The van der Waals surface area contributed by atoms with E-state index in [1.54, 1.807) is 0 Å². The summed E-state index contributed by atoms with van der Waals surface area (Å²) in [6.07, 6.45) is 5.02. The van der Waals surface area contributed by atoms with Crippen LogP contribution in [0.1, 0.15) is 49.8 Å². The van der Waals surface area contributed by atoms with E-state index in [2.05, 4.69) is 58.3 Å². The Hall–Kier alpha value is -0.820. The zero-order valence-corrected chi connectivity index (χ0v) is 12.7. The monoisotopic (exact) mass is 247 g/mol. The van der Waals surface area contributed by atoms with Crippen LogP contribution in [0.3, 0.4) is 0 Å². The standard InChI is InChI=1S/C17H29N/c1-6-15(7-2)11-17(18-5)12-16-9-13(3)8-14(4)10-16/h8-10,15,17-18H,6-7,11-12H2,1-5H3. The summed E-state index contributed by atoms with van der Waals surface area (Å²) in [7, 11) is 2.09. The first kappa shape index (κ1) is 15.2. The minimum absolute atomic E-state index is 0.607. The highest BCUT2D eigenvalue weighted by Gasteiger charge is 2.13. The Labute approximate surface area is 113 Å². The van der Waals surface area contributed by atoms with Crippen molar-refractivity contribution < 1.29 is 0 Å². The molecule has 1 heteroatoms. The molecule has 0 amide bonds. The lowest BCUT2D eigenvalue weighted by molar-refractivity contribution is 0.377. The number of hydrogen-bond donors (Lipinski definition) is 1. The maximum Gasteiger partial charge on any atom is 0.0107 e. The maximum absolute atomic E-state index is 3.49. The summed E-state index contributed by atoms with van der Waals surface area (Å²) in [6.45, 7) is 8.98. The molecule has 1 aromatic rings. The number of likely N-dealkylation sites (N-methyl/N-ethyl adjacent to an activating group) is 1. The van der Waals surface area contributed by atoms with Gasteiger partial charge in [-0.25, -0.2) is 0 Å². The normalized spacial score (nSPS) is 13.0. The Kier molecular flexibility index (Phi) is 6.42. The van der Waals surface area contributed by atoms with Gasteiger partial charge >= 0.3 is 0 Å². The lowest BCUT2D eigenvalue weighted by Crippen LogP contribution is -2.30. The van der Waals surface area contributed by atoms with Gasteiger partial charge in [-0.2, -0.15) is 0 Å². The molecule has 1 aromatic carbocycles. The summed E-state index contributed by atoms with van der Waals surface area (Å²) in [4.78, 5) is 0. The Morgan fingerprint density at radius 2 is 1.56 bits per heavy atom. The van der Waals surface area contributed by atoms with Gasteiger partial charge in [0.05, 0.1) is 0 Å². The molecule has 0 bridgehead atoms. The van der Waals surface area contributed by atoms with Gasteiger partial charge in [-0.1, -0.05) is 56.0 Å². The van der Waals surface area contributed by atoms with Crippen LogP contribution in [-0.2, 0) is 6.42 Å². The fourth-order valence-corrected chi connectivity index (χ4v) is 2.80. The second-order valence-electron chi connectivity index (χ2n) is 5.60. The van der Waals surface area contributed by atoms with Crippen molar-refractivity contribution in [3.63, 3.8) is 0 Å². The predicted octanol–water partition coefficient (Wildman–Crippen LogP) is 4.26. The Balaban J connectivity index is 2.67. The zero-order chi connectivity index (χ0) is 13.5. The van der Waals surface area contributed by atoms with Crippen LogP contribution in [-0.4, -0.2) is 13.1 Å². The van der Waals surface area contributed by atoms with Crippen LogP contribution in [0, 0.1) is 19.8 Å². The maximum atomic E-state index is 3.49. The van der Waals surface area contributed by atoms with Crippen molar-refractivity contribution in [1.29, 1.82) is 0 Å². The summed E-state index contributed by atoms with van der Waals surface area (Å²) < 4.78 is 0. The fourth-order valence-electron chi connectivity index (χ4n) is 2.80. The number of nitrogens with one attached hydrogen (secondary N) is 1. The molecule has 0 saturated heterocycles. The van der Waals surface area contributed by atoms with Crippen molar-refractivity contribution >= 4 is 0 Å². The SMILES string of the molecule is CCC(CC)CC(Cc1cc(C)cc(C)c1)NC. The largest absolute Gasteiger partial charge is 0.317 e. The molecule has 0 aliphatic carbocycles. The first-order chi connectivity index (χ1) is 8.58. The van der Waals surface area contributed by atoms with E-state index in [1.807, 2.05) is 0 Å². The molecule has 0 radical (unpaired) electrons. The van der Waals surface area contributed by atoms with Gasteiger partial charge in [0.1, 0.15) is 0 Å². The van der Waals surface area contributed by atoms with Crippen molar-refractivity contribution in [2.24, 2.45) is 5.92 Å². The molecule has 0 saturated carbocycles. The average Bonchev–Trinajstić information content (AvgIpc) is 2.33. The molecule has 1 rings (SSSR count). The van der Waals surface area contributed by atoms with Crippen LogP contribution in [0.2, 0.25) is 0 Å². The summed E-state index contributed by atoms with van der Waals surface area (Å²) in [5.74, 6) is 0.855. The molecule has 1 nitrogen and oxygen atoms in total. The summed E-state index contributed by atoms with van der Waals surface area (Å²) >= 11 is 0. The van der Waals surface area contributed by atoms with E-state index in [0.717, 1.165) is 12.3 Å². The molecule has 0 aromatic heterocycles. The van der Waals surface area contributed by atoms with Gasteiger partial charge in [0.15, 0.2) is 0 Å². The smallest absolute Gasteiger partial charge is 0.0107 e. The van der Waals surface area contributed by atoms with E-state index in [4.69, 9.17) is 0 Å². The minimum Gasteiger partial charge on any atom is -0.317 e. The molecule has 0 heterocycles. The van der Waals surface area contributed by atoms with Crippen molar-refractivity contribution in [3.05, 3.63) is 34.9 Å². The van der Waals surface area contributed by atoms with E-state index in [0.29, 0.717) is 6.04 Å². The number of benzene rings is 1. The molecule has 102 valence electrons. The molecule has 0 fully saturated rings. The van der Waals surface area contributed by atoms with Gasteiger partial charge < -0.3 is 5.32 Å². The van der Waals surface area contributed by atoms with Crippen LogP contribution in [0.4, 0.5) is 0 Å². The zero-order valence-electron chi connectivity index (χ0n) is 12.7. The minimum atomic E-state index is 0.607. The second kappa shape index (κ2) is 7.58. The highest BCUT2D eigenvalue weighted by atomic mass is 14.9. The van der Waals surface area contributed by atoms with E-state index < -0.39 is 0 Å². The fraction of sp³-hybridized carbons (Fsp3) is 0.647. The van der Waals surface area contributed by atoms with Gasteiger partial charge in [0.2, 0.25) is 0 Å². The van der Waals surface area contributed by atoms with Crippen LogP contribution in [0.5, 0.6) is 0 Å². The molecular formula is C17H29N. The topological polar surface area (TPSA) is 12.0 Å². The molecule has 0 spiro atoms. The first-order valence-electron chi connectivity index (χ1n) is 7.33. The quantitative estimate of drug-likeness (QED) is 0.759. The number of rotatable bonds is 7. The summed E-state index contributed by atoms with van der Waals surface area (Å²) in [5.41, 5.74) is 4.22. The van der Waals surface area contributed by atoms with Crippen molar-refractivity contribution in [2.45, 2.75) is 59.4 Å². The Morgan fingerprint density at radius 1 is 1.00 bits per heavy atom. The molecule has 0 aliphatic heterocycles. The molecule has 1 atom stereocenters. The number of hydrogen-bond acceptors (Lipinski definition) is 1. The van der Waals surface area contributed by atoms with Gasteiger partial charge in [0.25, 0.3) is 0 Å². The lowest BCUT2D eigenvalue weighted by Gasteiger charge is -2.22. The van der Waals surface area contributed by atoms with Crippen LogP contribution in [0.25, 0.3) is 0 Å². The van der Waals surface area contributed by atoms with E-state index in [1.165, 1.54) is 36.0 Å². The molecule has 1 unspecified atom stereocenters. The second-order valence-corrected chi connectivity index (χ2v) is 5.60. The van der Waals surface area contributed by atoms with Crippen molar-refractivity contribution in [1.82, 2.24) is 5.32 Å². The third-order valence-corrected chi connectivity index (χ3v) is 3.94. The highest BCUT2D eigenvalue weighted by Crippen LogP contribution is 2.18. The van der Waals surface area contributed by atoms with Gasteiger partial charge in [-0.05, 0) is 45.2 Å². The van der Waals surface area contributed by atoms with E-state index in [9.17, 15) is 0 Å². The highest BCUT2D eigenvalue weighted by molar-refractivity contribution is 5.29. The summed E-state index contributed by atoms with van der Waals surface area (Å²) in [6, 6.07) is 7.50. The van der Waals surface area contributed by atoms with Gasteiger partial charge in [-0.3, -0.25) is 0 Å². The first-order valence-corrected chi connectivity index (χ1v) is 7.33.